The van der Waals surface area contributed by atoms with Crippen LogP contribution in [0, 0.1) is 5.82 Å². The minimum atomic E-state index is -0.283. The molecule has 1 saturated heterocycles. The number of nitrogens with one attached hydrogen (secondary N) is 3. The fourth-order valence-electron chi connectivity index (χ4n) is 3.42. The Morgan fingerprint density at radius 2 is 1.76 bits per heavy atom. The van der Waals surface area contributed by atoms with Crippen LogP contribution >= 0.6 is 0 Å². The Morgan fingerprint density at radius 1 is 1.00 bits per heavy atom. The summed E-state index contributed by atoms with van der Waals surface area (Å²) < 4.78 is 13.0. The summed E-state index contributed by atoms with van der Waals surface area (Å²) in [4.78, 5) is 31.4. The van der Waals surface area contributed by atoms with Gasteiger partial charge in [-0.15, -0.1) is 0 Å². The van der Waals surface area contributed by atoms with Crippen molar-refractivity contribution in [1.29, 1.82) is 0 Å². The lowest BCUT2D eigenvalue weighted by atomic mass is 10.2. The third-order valence-electron chi connectivity index (χ3n) is 5.00. The number of fused-ring (bicyclic) bond motifs is 1. The Labute approximate surface area is 167 Å². The fourth-order valence-corrected chi connectivity index (χ4v) is 3.42. The maximum Gasteiger partial charge on any atom is 0.317 e. The van der Waals surface area contributed by atoms with Gasteiger partial charge in [0.15, 0.2) is 0 Å². The second-order valence-corrected chi connectivity index (χ2v) is 6.94. The minimum absolute atomic E-state index is 0.0974. The van der Waals surface area contributed by atoms with Crippen LogP contribution in [0.1, 0.15) is 0 Å². The van der Waals surface area contributed by atoms with Gasteiger partial charge in [0.05, 0.1) is 6.54 Å². The van der Waals surface area contributed by atoms with E-state index in [0.717, 1.165) is 16.6 Å². The molecule has 3 amide bonds. The number of amides is 3. The van der Waals surface area contributed by atoms with Crippen molar-refractivity contribution in [2.75, 3.05) is 42.9 Å². The molecular formula is C21H22FN5O2. The fraction of sp³-hybridized carbons (Fsp3) is 0.238. The molecule has 150 valence electrons. The number of rotatable bonds is 4. The van der Waals surface area contributed by atoms with Gasteiger partial charge in [0, 0.05) is 49.3 Å². The molecule has 1 aliphatic rings. The number of benzene rings is 2. The molecule has 0 radical (unpaired) electrons. The van der Waals surface area contributed by atoms with E-state index in [2.05, 4.69) is 20.5 Å². The predicted molar refractivity (Wildman–Crippen MR) is 111 cm³/mol. The normalized spacial score (nSPS) is 14.1. The van der Waals surface area contributed by atoms with Gasteiger partial charge in [-0.2, -0.15) is 0 Å². The van der Waals surface area contributed by atoms with E-state index < -0.39 is 0 Å². The highest BCUT2D eigenvalue weighted by Crippen LogP contribution is 2.18. The molecule has 2 heterocycles. The van der Waals surface area contributed by atoms with Crippen LogP contribution in [0.4, 0.5) is 20.6 Å². The predicted octanol–water partition coefficient (Wildman–Crippen LogP) is 2.78. The van der Waals surface area contributed by atoms with E-state index in [1.807, 2.05) is 30.5 Å². The molecular weight excluding hydrogens is 373 g/mol. The zero-order valence-corrected chi connectivity index (χ0v) is 15.8. The number of hydrogen-bond acceptors (Lipinski definition) is 3. The quantitative estimate of drug-likeness (QED) is 0.636. The maximum absolute atomic E-state index is 13.0. The number of urea groups is 1. The second kappa shape index (κ2) is 8.22. The lowest BCUT2D eigenvalue weighted by Crippen LogP contribution is -2.52. The van der Waals surface area contributed by atoms with Gasteiger partial charge >= 0.3 is 6.03 Å². The molecule has 3 N–H and O–H groups in total. The maximum atomic E-state index is 13.0. The van der Waals surface area contributed by atoms with Gasteiger partial charge in [-0.25, -0.2) is 9.18 Å². The van der Waals surface area contributed by atoms with Crippen molar-refractivity contribution in [2.24, 2.45) is 0 Å². The van der Waals surface area contributed by atoms with E-state index in [4.69, 9.17) is 0 Å². The van der Waals surface area contributed by atoms with Crippen LogP contribution in [0.3, 0.4) is 0 Å². The van der Waals surface area contributed by atoms with E-state index in [1.165, 1.54) is 12.1 Å². The highest BCUT2D eigenvalue weighted by Gasteiger charge is 2.21. The highest BCUT2D eigenvalue weighted by molar-refractivity contribution is 5.96. The van der Waals surface area contributed by atoms with Crippen LogP contribution < -0.4 is 15.5 Å². The standard InChI is InChI=1S/C21H22FN5O2/c22-16-2-5-18(6-3-16)26-9-11-27(12-10-26)21(29)24-14-20(28)25-17-4-1-15-7-8-23-19(15)13-17/h1-8,13,23H,9-12,14H2,(H,24,29)(H,25,28). The Bertz CT molecular complexity index is 1010. The summed E-state index contributed by atoms with van der Waals surface area (Å²) in [5.41, 5.74) is 2.54. The van der Waals surface area contributed by atoms with Crippen molar-refractivity contribution in [3.8, 4) is 0 Å². The molecule has 7 nitrogen and oxygen atoms in total. The smallest absolute Gasteiger partial charge is 0.317 e. The van der Waals surface area contributed by atoms with Gasteiger partial charge in [-0.3, -0.25) is 4.79 Å². The first-order valence-electron chi connectivity index (χ1n) is 9.49. The number of aromatic amines is 1. The van der Waals surface area contributed by atoms with E-state index in [-0.39, 0.29) is 24.3 Å². The zero-order valence-electron chi connectivity index (χ0n) is 15.8. The third kappa shape index (κ3) is 4.48. The zero-order chi connectivity index (χ0) is 20.2. The molecule has 1 aliphatic heterocycles. The van der Waals surface area contributed by atoms with Gasteiger partial charge in [-0.05, 0) is 47.9 Å². The van der Waals surface area contributed by atoms with Crippen molar-refractivity contribution in [3.63, 3.8) is 0 Å². The number of hydrogen-bond donors (Lipinski definition) is 3. The average Bonchev–Trinajstić information content (AvgIpc) is 3.20. The number of aromatic nitrogens is 1. The monoisotopic (exact) mass is 395 g/mol. The van der Waals surface area contributed by atoms with E-state index in [0.29, 0.717) is 31.9 Å². The summed E-state index contributed by atoms with van der Waals surface area (Å²) in [6, 6.07) is 13.6. The summed E-state index contributed by atoms with van der Waals surface area (Å²) in [6.45, 7) is 2.28. The van der Waals surface area contributed by atoms with E-state index >= 15 is 0 Å². The molecule has 2 aromatic carbocycles. The Morgan fingerprint density at radius 3 is 2.52 bits per heavy atom. The molecule has 0 spiro atoms. The first-order chi connectivity index (χ1) is 14.1. The molecule has 0 unspecified atom stereocenters. The molecule has 0 saturated carbocycles. The first kappa shape index (κ1) is 18.8. The topological polar surface area (TPSA) is 80.5 Å². The molecule has 0 aliphatic carbocycles. The van der Waals surface area contributed by atoms with Crippen molar-refractivity contribution in [1.82, 2.24) is 15.2 Å². The van der Waals surface area contributed by atoms with E-state index in [9.17, 15) is 14.0 Å². The van der Waals surface area contributed by atoms with Crippen molar-refractivity contribution in [2.45, 2.75) is 0 Å². The number of piperazine rings is 1. The molecule has 8 heteroatoms. The second-order valence-electron chi connectivity index (χ2n) is 6.94. The number of halogens is 1. The number of carbonyl (C=O) groups excluding carboxylic acids is 2. The summed E-state index contributed by atoms with van der Waals surface area (Å²) in [5.74, 6) is -0.549. The van der Waals surface area contributed by atoms with Gasteiger partial charge in [0.1, 0.15) is 5.82 Å². The lowest BCUT2D eigenvalue weighted by Gasteiger charge is -2.36. The van der Waals surface area contributed by atoms with Gasteiger partial charge in [0.25, 0.3) is 0 Å². The van der Waals surface area contributed by atoms with E-state index in [1.54, 1.807) is 17.0 Å². The largest absolute Gasteiger partial charge is 0.368 e. The highest BCUT2D eigenvalue weighted by atomic mass is 19.1. The van der Waals surface area contributed by atoms with Crippen molar-refractivity contribution < 1.29 is 14.0 Å². The molecule has 1 aromatic heterocycles. The van der Waals surface area contributed by atoms with Gasteiger partial charge in [-0.1, -0.05) is 6.07 Å². The van der Waals surface area contributed by atoms with Gasteiger partial charge in [0.2, 0.25) is 5.91 Å². The molecule has 1 fully saturated rings. The number of carbonyl (C=O) groups is 2. The van der Waals surface area contributed by atoms with Crippen LogP contribution in [-0.2, 0) is 4.79 Å². The van der Waals surface area contributed by atoms with Crippen LogP contribution in [0.5, 0.6) is 0 Å². The number of anilines is 2. The first-order valence-corrected chi connectivity index (χ1v) is 9.49. The molecule has 4 rings (SSSR count). The Kier molecular flexibility index (Phi) is 5.33. The van der Waals surface area contributed by atoms with Gasteiger partial charge < -0.3 is 25.4 Å². The lowest BCUT2D eigenvalue weighted by molar-refractivity contribution is -0.115. The summed E-state index contributed by atoms with van der Waals surface area (Å²) in [7, 11) is 0. The van der Waals surface area contributed by atoms with Crippen LogP contribution in [0.2, 0.25) is 0 Å². The molecule has 29 heavy (non-hydrogen) atoms. The Hall–Kier alpha value is -3.55. The molecule has 3 aromatic rings. The number of H-pyrrole nitrogens is 1. The van der Waals surface area contributed by atoms with Crippen molar-refractivity contribution in [3.05, 3.63) is 60.5 Å². The van der Waals surface area contributed by atoms with Crippen LogP contribution in [0.25, 0.3) is 10.9 Å². The average molecular weight is 395 g/mol. The third-order valence-corrected chi connectivity index (χ3v) is 5.00. The molecule has 0 bridgehead atoms. The SMILES string of the molecule is O=C(CNC(=O)N1CCN(c2ccc(F)cc2)CC1)Nc1ccc2cc[nH]c2c1. The van der Waals surface area contributed by atoms with Crippen LogP contribution in [0.15, 0.2) is 54.7 Å². The molecule has 0 atom stereocenters. The summed E-state index contributed by atoms with van der Waals surface area (Å²) in [5, 5.41) is 6.52. The summed E-state index contributed by atoms with van der Waals surface area (Å²) in [6.07, 6.45) is 1.84. The Balaban J connectivity index is 1.23. The summed E-state index contributed by atoms with van der Waals surface area (Å²) >= 11 is 0. The van der Waals surface area contributed by atoms with Crippen molar-refractivity contribution >= 4 is 34.2 Å². The minimum Gasteiger partial charge on any atom is -0.368 e. The number of nitrogens with zero attached hydrogens (tertiary/aromatic N) is 2. The van der Waals surface area contributed by atoms with Crippen LogP contribution in [-0.4, -0.2) is 54.5 Å².